The van der Waals surface area contributed by atoms with Crippen LogP contribution in [0.5, 0.6) is 11.5 Å². The fourth-order valence-electron chi connectivity index (χ4n) is 4.96. The number of thiazole rings is 1. The predicted octanol–water partition coefficient (Wildman–Crippen LogP) is 5.80. The summed E-state index contributed by atoms with van der Waals surface area (Å²) in [6, 6.07) is 21.6. The first-order chi connectivity index (χ1) is 21.4. The third kappa shape index (κ3) is 6.54. The van der Waals surface area contributed by atoms with Crippen molar-refractivity contribution < 1.29 is 19.0 Å². The molecule has 3 aromatic carbocycles. The van der Waals surface area contributed by atoms with E-state index in [0.29, 0.717) is 50.7 Å². The Morgan fingerprint density at radius 2 is 1.93 bits per heavy atom. The highest BCUT2D eigenvalue weighted by Gasteiger charge is 2.34. The van der Waals surface area contributed by atoms with Gasteiger partial charge in [-0.25, -0.2) is 9.79 Å². The number of methoxy groups -OCH3 is 1. The maximum absolute atomic E-state index is 14.0. The van der Waals surface area contributed by atoms with E-state index in [-0.39, 0.29) is 12.2 Å². The molecule has 44 heavy (non-hydrogen) atoms. The second kappa shape index (κ2) is 13.9. The van der Waals surface area contributed by atoms with Crippen molar-refractivity contribution >= 4 is 39.3 Å². The second-order valence-electron chi connectivity index (χ2n) is 9.98. The number of halogens is 1. The highest BCUT2D eigenvalue weighted by atomic mass is 79.9. The van der Waals surface area contributed by atoms with E-state index in [1.807, 2.05) is 67.6 Å². The monoisotopic (exact) mass is 671 g/mol. The normalized spacial score (nSPS) is 14.4. The lowest BCUT2D eigenvalue weighted by atomic mass is 9.94. The standard InChI is InChI=1S/C34H30BrN3O5S/c1-4-7-27-30(33(40)42-5-2)31(24-8-6-9-25(18-24)41-3)38-32(39)29(44-34(38)37-27)17-23-14-15-28(26(35)16-23)43-20-22-12-10-21(19-36)11-13-22/h6,8-18,31H,4-5,7,20H2,1-3H3/b29-17-/t31-/m1/s1. The number of esters is 1. The summed E-state index contributed by atoms with van der Waals surface area (Å²) in [5.74, 6) is 0.782. The highest BCUT2D eigenvalue weighted by molar-refractivity contribution is 9.10. The van der Waals surface area contributed by atoms with Crippen LogP contribution in [0.1, 0.15) is 55.0 Å². The van der Waals surface area contributed by atoms with Crippen LogP contribution < -0.4 is 24.4 Å². The van der Waals surface area contributed by atoms with Crippen LogP contribution in [0.4, 0.5) is 0 Å². The molecule has 4 aromatic rings. The van der Waals surface area contributed by atoms with Crippen molar-refractivity contribution in [3.8, 4) is 17.6 Å². The Kier molecular flexibility index (Phi) is 9.78. The topological polar surface area (TPSA) is 103 Å². The minimum absolute atomic E-state index is 0.207. The molecule has 2 heterocycles. The van der Waals surface area contributed by atoms with Gasteiger partial charge in [-0.3, -0.25) is 9.36 Å². The number of hydrogen-bond acceptors (Lipinski definition) is 8. The molecule has 0 aliphatic carbocycles. The van der Waals surface area contributed by atoms with Gasteiger partial charge in [-0.1, -0.05) is 55.0 Å². The number of aromatic nitrogens is 1. The Hall–Kier alpha value is -4.46. The number of nitrogens with zero attached hydrogens (tertiary/aromatic N) is 3. The first-order valence-electron chi connectivity index (χ1n) is 14.1. The Bertz CT molecular complexity index is 1950. The van der Waals surface area contributed by atoms with E-state index in [1.54, 1.807) is 30.7 Å². The molecule has 5 rings (SSSR count). The predicted molar refractivity (Wildman–Crippen MR) is 172 cm³/mol. The number of benzene rings is 3. The second-order valence-corrected chi connectivity index (χ2v) is 11.8. The summed E-state index contributed by atoms with van der Waals surface area (Å²) in [6.07, 6.45) is 3.15. The van der Waals surface area contributed by atoms with E-state index >= 15 is 0 Å². The first-order valence-corrected chi connectivity index (χ1v) is 15.7. The van der Waals surface area contributed by atoms with Crippen LogP contribution in [-0.4, -0.2) is 24.3 Å². The van der Waals surface area contributed by atoms with E-state index in [4.69, 9.17) is 24.5 Å². The van der Waals surface area contributed by atoms with Gasteiger partial charge >= 0.3 is 5.97 Å². The third-order valence-electron chi connectivity index (χ3n) is 7.03. The van der Waals surface area contributed by atoms with Crippen LogP contribution in [0.25, 0.3) is 6.08 Å². The summed E-state index contributed by atoms with van der Waals surface area (Å²) < 4.78 is 19.7. The van der Waals surface area contributed by atoms with Crippen molar-refractivity contribution in [1.29, 1.82) is 5.26 Å². The lowest BCUT2D eigenvalue weighted by Gasteiger charge is -2.26. The van der Waals surface area contributed by atoms with E-state index in [0.717, 1.165) is 27.6 Å². The number of nitriles is 1. The molecular weight excluding hydrogens is 642 g/mol. The van der Waals surface area contributed by atoms with Crippen LogP contribution in [0.15, 0.2) is 92.3 Å². The molecule has 8 nitrogen and oxygen atoms in total. The summed E-state index contributed by atoms with van der Waals surface area (Å²) in [5.41, 5.74) is 3.80. The van der Waals surface area contributed by atoms with Gasteiger partial charge in [0.15, 0.2) is 4.80 Å². The Morgan fingerprint density at radius 1 is 1.14 bits per heavy atom. The van der Waals surface area contributed by atoms with Gasteiger partial charge < -0.3 is 14.2 Å². The fraction of sp³-hybridized carbons (Fsp3) is 0.235. The van der Waals surface area contributed by atoms with Crippen molar-refractivity contribution in [3.63, 3.8) is 0 Å². The molecule has 0 spiro atoms. The van der Waals surface area contributed by atoms with Crippen molar-refractivity contribution in [2.75, 3.05) is 13.7 Å². The molecule has 1 aliphatic heterocycles. The Morgan fingerprint density at radius 3 is 2.61 bits per heavy atom. The molecule has 0 amide bonds. The van der Waals surface area contributed by atoms with Crippen molar-refractivity contribution in [2.45, 2.75) is 39.3 Å². The van der Waals surface area contributed by atoms with Crippen LogP contribution in [0.3, 0.4) is 0 Å². The molecule has 0 saturated carbocycles. The number of ether oxygens (including phenoxy) is 3. The fourth-order valence-corrected chi connectivity index (χ4v) is 6.49. The Labute approximate surface area is 267 Å². The maximum atomic E-state index is 14.0. The van der Waals surface area contributed by atoms with Gasteiger partial charge in [-0.2, -0.15) is 5.26 Å². The summed E-state index contributed by atoms with van der Waals surface area (Å²) in [4.78, 5) is 32.7. The van der Waals surface area contributed by atoms with E-state index in [1.165, 1.54) is 11.3 Å². The number of carbonyl (C=O) groups is 1. The lowest BCUT2D eigenvalue weighted by Crippen LogP contribution is -2.40. The van der Waals surface area contributed by atoms with Crippen molar-refractivity contribution in [2.24, 2.45) is 4.99 Å². The number of fused-ring (bicyclic) bond motifs is 1. The zero-order chi connectivity index (χ0) is 31.2. The average Bonchev–Trinajstić information content (AvgIpc) is 3.34. The van der Waals surface area contributed by atoms with E-state index in [9.17, 15) is 9.59 Å². The van der Waals surface area contributed by atoms with Gasteiger partial charge in [0.25, 0.3) is 5.56 Å². The number of allylic oxidation sites excluding steroid dienone is 1. The van der Waals surface area contributed by atoms with Gasteiger partial charge in [0, 0.05) is 0 Å². The molecule has 0 saturated heterocycles. The largest absolute Gasteiger partial charge is 0.497 e. The number of rotatable bonds is 10. The van der Waals surface area contributed by atoms with Gasteiger partial charge in [0.05, 0.1) is 51.7 Å². The summed E-state index contributed by atoms with van der Waals surface area (Å²) in [7, 11) is 1.58. The highest BCUT2D eigenvalue weighted by Crippen LogP contribution is 2.34. The first kappa shape index (κ1) is 31.0. The lowest BCUT2D eigenvalue weighted by molar-refractivity contribution is -0.139. The molecular formula is C34H30BrN3O5S. The number of carbonyl (C=O) groups excluding carboxylic acids is 1. The van der Waals surface area contributed by atoms with Crippen LogP contribution in [0, 0.1) is 11.3 Å². The summed E-state index contributed by atoms with van der Waals surface area (Å²) >= 11 is 4.88. The van der Waals surface area contributed by atoms with E-state index < -0.39 is 12.0 Å². The molecule has 0 radical (unpaired) electrons. The minimum atomic E-state index is -0.714. The number of hydrogen-bond donors (Lipinski definition) is 0. The SMILES string of the molecule is CCCC1=C(C(=O)OCC)[C@@H](c2cccc(OC)c2)n2c(s/c(=C\c3ccc(OCc4ccc(C#N)cc4)c(Br)c3)c2=O)=N1. The van der Waals surface area contributed by atoms with Crippen LogP contribution in [0.2, 0.25) is 0 Å². The smallest absolute Gasteiger partial charge is 0.338 e. The summed E-state index contributed by atoms with van der Waals surface area (Å²) in [5, 5.41) is 9.00. The zero-order valence-electron chi connectivity index (χ0n) is 24.5. The molecule has 1 aliphatic rings. The van der Waals surface area contributed by atoms with E-state index in [2.05, 4.69) is 22.0 Å². The van der Waals surface area contributed by atoms with Crippen molar-refractivity contribution in [3.05, 3.63) is 124 Å². The summed E-state index contributed by atoms with van der Waals surface area (Å²) in [6.45, 7) is 4.33. The van der Waals surface area contributed by atoms with Gasteiger partial charge in [-0.15, -0.1) is 0 Å². The quantitative estimate of drug-likeness (QED) is 0.198. The minimum Gasteiger partial charge on any atom is -0.497 e. The van der Waals surface area contributed by atoms with Crippen molar-refractivity contribution in [1.82, 2.24) is 4.57 Å². The molecule has 1 aromatic heterocycles. The Balaban J connectivity index is 1.54. The molecule has 1 atom stereocenters. The van der Waals surface area contributed by atoms with Crippen LogP contribution in [-0.2, 0) is 16.1 Å². The van der Waals surface area contributed by atoms with Gasteiger partial charge in [0.1, 0.15) is 18.1 Å². The molecule has 0 unspecified atom stereocenters. The average molecular weight is 673 g/mol. The van der Waals surface area contributed by atoms with Gasteiger partial charge in [-0.05, 0) is 88.4 Å². The maximum Gasteiger partial charge on any atom is 0.338 e. The molecule has 0 fully saturated rings. The molecule has 224 valence electrons. The van der Waals surface area contributed by atoms with Crippen LogP contribution >= 0.6 is 27.3 Å². The van der Waals surface area contributed by atoms with Gasteiger partial charge in [0.2, 0.25) is 0 Å². The zero-order valence-corrected chi connectivity index (χ0v) is 26.9. The molecule has 10 heteroatoms. The third-order valence-corrected chi connectivity index (χ3v) is 8.64. The molecule has 0 N–H and O–H groups in total. The molecule has 0 bridgehead atoms.